The summed E-state index contributed by atoms with van der Waals surface area (Å²) in [5.41, 5.74) is 3.78. The van der Waals surface area contributed by atoms with Crippen LogP contribution in [0.1, 0.15) is 15.9 Å². The summed E-state index contributed by atoms with van der Waals surface area (Å²) in [5.74, 6) is 0. The zero-order valence-corrected chi connectivity index (χ0v) is 12.4. The predicted molar refractivity (Wildman–Crippen MR) is 94.3 cm³/mol. The Hall–Kier alpha value is -3.20. The molecule has 0 N–H and O–H groups in total. The van der Waals surface area contributed by atoms with Crippen molar-refractivity contribution in [3.63, 3.8) is 0 Å². The van der Waals surface area contributed by atoms with Gasteiger partial charge in [0.15, 0.2) is 0 Å². The highest BCUT2D eigenvalue weighted by Crippen LogP contribution is 2.28. The minimum atomic E-state index is 0.666. The summed E-state index contributed by atoms with van der Waals surface area (Å²) in [6.45, 7) is 0. The number of carbonyl (C=O) groups excluding carboxylic acids is 1. The highest BCUT2D eigenvalue weighted by Gasteiger charge is 2.08. The summed E-state index contributed by atoms with van der Waals surface area (Å²) in [6, 6.07) is 23.9. The van der Waals surface area contributed by atoms with Crippen molar-refractivity contribution in [3.05, 3.63) is 83.9 Å². The van der Waals surface area contributed by atoms with Crippen LogP contribution < -0.4 is 0 Å². The van der Waals surface area contributed by atoms with Gasteiger partial charge in [0, 0.05) is 16.3 Å². The molecule has 110 valence electrons. The molecule has 3 nitrogen and oxygen atoms in total. The van der Waals surface area contributed by atoms with E-state index >= 15 is 0 Å². The number of para-hydroxylation sites is 2. The van der Waals surface area contributed by atoms with E-state index in [1.807, 2.05) is 47.3 Å². The Kier molecular flexibility index (Phi) is 3.24. The standard InChI is InChI=1S/C20H14N2O/c23-14-16-11-9-15(10-12-16)13-21-22-19-7-3-1-5-17(19)18-6-2-4-8-20(18)22/h1-14H/b21-13-. The Morgan fingerprint density at radius 3 is 1.78 bits per heavy atom. The first kappa shape index (κ1) is 13.5. The van der Waals surface area contributed by atoms with Crippen molar-refractivity contribution >= 4 is 34.3 Å². The molecule has 4 aromatic rings. The average Bonchev–Trinajstić information content (AvgIpc) is 2.94. The molecule has 0 fully saturated rings. The molecule has 0 saturated heterocycles. The fourth-order valence-corrected chi connectivity index (χ4v) is 2.81. The highest BCUT2D eigenvalue weighted by atomic mass is 16.1. The normalized spacial score (nSPS) is 11.5. The highest BCUT2D eigenvalue weighted by molar-refractivity contribution is 6.08. The van der Waals surface area contributed by atoms with E-state index in [4.69, 9.17) is 0 Å². The van der Waals surface area contributed by atoms with Gasteiger partial charge in [-0.1, -0.05) is 60.7 Å². The van der Waals surface area contributed by atoms with Crippen molar-refractivity contribution in [2.45, 2.75) is 0 Å². The van der Waals surface area contributed by atoms with Gasteiger partial charge in [0.25, 0.3) is 0 Å². The molecule has 4 rings (SSSR count). The maximum Gasteiger partial charge on any atom is 0.150 e. The number of aromatic nitrogens is 1. The quantitative estimate of drug-likeness (QED) is 0.405. The predicted octanol–water partition coefficient (Wildman–Crippen LogP) is 4.49. The van der Waals surface area contributed by atoms with Crippen LogP contribution in [0, 0.1) is 0 Å². The molecule has 0 amide bonds. The first-order valence-electron chi connectivity index (χ1n) is 7.44. The van der Waals surface area contributed by atoms with E-state index in [0.717, 1.165) is 22.9 Å². The van der Waals surface area contributed by atoms with Gasteiger partial charge in [-0.25, -0.2) is 4.68 Å². The lowest BCUT2D eigenvalue weighted by Crippen LogP contribution is -1.91. The van der Waals surface area contributed by atoms with Crippen molar-refractivity contribution in [3.8, 4) is 0 Å². The second-order valence-electron chi connectivity index (χ2n) is 5.38. The van der Waals surface area contributed by atoms with Crippen molar-refractivity contribution in [1.82, 2.24) is 4.68 Å². The van der Waals surface area contributed by atoms with Crippen molar-refractivity contribution in [1.29, 1.82) is 0 Å². The monoisotopic (exact) mass is 298 g/mol. The van der Waals surface area contributed by atoms with Crippen LogP contribution in [0.25, 0.3) is 21.8 Å². The van der Waals surface area contributed by atoms with Crippen LogP contribution >= 0.6 is 0 Å². The average molecular weight is 298 g/mol. The molecule has 23 heavy (non-hydrogen) atoms. The molecule has 0 bridgehead atoms. The largest absolute Gasteiger partial charge is 0.298 e. The third kappa shape index (κ3) is 2.32. The molecule has 0 saturated carbocycles. The number of aldehydes is 1. The van der Waals surface area contributed by atoms with E-state index in [1.165, 1.54) is 10.8 Å². The molecule has 0 aliphatic heterocycles. The van der Waals surface area contributed by atoms with Crippen molar-refractivity contribution < 1.29 is 4.79 Å². The van der Waals surface area contributed by atoms with Gasteiger partial charge in [-0.05, 0) is 17.7 Å². The van der Waals surface area contributed by atoms with E-state index in [1.54, 1.807) is 12.1 Å². The molecule has 0 aliphatic carbocycles. The van der Waals surface area contributed by atoms with Crippen LogP contribution in [0.15, 0.2) is 77.9 Å². The minimum Gasteiger partial charge on any atom is -0.298 e. The molecule has 0 aliphatic rings. The maximum atomic E-state index is 10.7. The second kappa shape index (κ2) is 5.54. The van der Waals surface area contributed by atoms with Crippen LogP contribution in [0.5, 0.6) is 0 Å². The smallest absolute Gasteiger partial charge is 0.150 e. The van der Waals surface area contributed by atoms with E-state index in [0.29, 0.717) is 5.56 Å². The van der Waals surface area contributed by atoms with Gasteiger partial charge in [0.05, 0.1) is 17.2 Å². The fraction of sp³-hybridized carbons (Fsp3) is 0. The molecule has 0 radical (unpaired) electrons. The van der Waals surface area contributed by atoms with Crippen LogP contribution in [-0.4, -0.2) is 17.2 Å². The first-order valence-corrected chi connectivity index (χ1v) is 7.44. The number of benzene rings is 3. The van der Waals surface area contributed by atoms with Crippen LogP contribution in [0.3, 0.4) is 0 Å². The Morgan fingerprint density at radius 2 is 1.22 bits per heavy atom. The van der Waals surface area contributed by atoms with Crippen molar-refractivity contribution in [2.24, 2.45) is 5.10 Å². The number of hydrogen-bond donors (Lipinski definition) is 0. The lowest BCUT2D eigenvalue weighted by Gasteiger charge is -2.00. The van der Waals surface area contributed by atoms with Crippen LogP contribution in [-0.2, 0) is 0 Å². The third-order valence-electron chi connectivity index (χ3n) is 3.95. The zero-order valence-electron chi connectivity index (χ0n) is 12.4. The van der Waals surface area contributed by atoms with Crippen molar-refractivity contribution in [2.75, 3.05) is 0 Å². The van der Waals surface area contributed by atoms with Gasteiger partial charge in [-0.15, -0.1) is 0 Å². The van der Waals surface area contributed by atoms with Gasteiger partial charge in [0.1, 0.15) is 6.29 Å². The molecule has 0 spiro atoms. The van der Waals surface area contributed by atoms with Gasteiger partial charge in [-0.3, -0.25) is 4.79 Å². The maximum absolute atomic E-state index is 10.7. The summed E-state index contributed by atoms with van der Waals surface area (Å²) in [5, 5.41) is 7.03. The summed E-state index contributed by atoms with van der Waals surface area (Å²) in [7, 11) is 0. The lowest BCUT2D eigenvalue weighted by molar-refractivity contribution is 0.112. The molecule has 1 aromatic heterocycles. The Labute approximate surface area is 133 Å². The summed E-state index contributed by atoms with van der Waals surface area (Å²) < 4.78 is 1.96. The molecular weight excluding hydrogens is 284 g/mol. The van der Waals surface area contributed by atoms with E-state index < -0.39 is 0 Å². The molecule has 0 unspecified atom stereocenters. The van der Waals surface area contributed by atoms with Gasteiger partial charge in [0.2, 0.25) is 0 Å². The van der Waals surface area contributed by atoms with Crippen LogP contribution in [0.4, 0.5) is 0 Å². The Bertz CT molecular complexity index is 973. The molecule has 1 heterocycles. The topological polar surface area (TPSA) is 34.4 Å². The number of carbonyl (C=O) groups is 1. The summed E-state index contributed by atoms with van der Waals surface area (Å²) in [4.78, 5) is 10.7. The Balaban J connectivity index is 1.86. The van der Waals surface area contributed by atoms with E-state index in [2.05, 4.69) is 29.4 Å². The number of hydrogen-bond acceptors (Lipinski definition) is 2. The van der Waals surface area contributed by atoms with Gasteiger partial charge >= 0.3 is 0 Å². The Morgan fingerprint density at radius 1 is 0.696 bits per heavy atom. The fourth-order valence-electron chi connectivity index (χ4n) is 2.81. The molecule has 3 aromatic carbocycles. The zero-order chi connectivity index (χ0) is 15.6. The summed E-state index contributed by atoms with van der Waals surface area (Å²) >= 11 is 0. The second-order valence-corrected chi connectivity index (χ2v) is 5.38. The van der Waals surface area contributed by atoms with E-state index in [9.17, 15) is 4.79 Å². The first-order chi connectivity index (χ1) is 11.4. The molecule has 0 atom stereocenters. The third-order valence-corrected chi connectivity index (χ3v) is 3.95. The number of fused-ring (bicyclic) bond motifs is 3. The number of nitrogens with zero attached hydrogens (tertiary/aromatic N) is 2. The van der Waals surface area contributed by atoms with Gasteiger partial charge in [-0.2, -0.15) is 5.10 Å². The van der Waals surface area contributed by atoms with Crippen LogP contribution in [0.2, 0.25) is 0 Å². The molecular formula is C20H14N2O. The summed E-state index contributed by atoms with van der Waals surface area (Å²) in [6.07, 6.45) is 2.65. The van der Waals surface area contributed by atoms with E-state index in [-0.39, 0.29) is 0 Å². The lowest BCUT2D eigenvalue weighted by atomic mass is 10.2. The number of rotatable bonds is 3. The molecule has 3 heteroatoms. The van der Waals surface area contributed by atoms with Gasteiger partial charge < -0.3 is 0 Å². The SMILES string of the molecule is O=Cc1ccc(/C=N\n2c3ccccc3c3ccccc32)cc1. The minimum absolute atomic E-state index is 0.666.